The minimum Gasteiger partial charge on any atom is -0.354 e. The van der Waals surface area contributed by atoms with Crippen molar-refractivity contribution in [3.63, 3.8) is 0 Å². The molecule has 0 radical (unpaired) electrons. The van der Waals surface area contributed by atoms with E-state index in [1.807, 2.05) is 7.05 Å². The fourth-order valence-corrected chi connectivity index (χ4v) is 2.40. The van der Waals surface area contributed by atoms with Crippen LogP contribution < -0.4 is 5.32 Å². The molecule has 0 unspecified atom stereocenters. The predicted octanol–water partition coefficient (Wildman–Crippen LogP) is 2.40. The van der Waals surface area contributed by atoms with Crippen LogP contribution in [0.1, 0.15) is 31.2 Å². The molecular formula is C12H20N2. The summed E-state index contributed by atoms with van der Waals surface area (Å²) >= 11 is 0. The maximum absolute atomic E-state index is 3.18. The van der Waals surface area contributed by atoms with Crippen molar-refractivity contribution in [2.24, 2.45) is 5.92 Å². The van der Waals surface area contributed by atoms with Gasteiger partial charge in [0.1, 0.15) is 0 Å². The molecule has 1 aliphatic carbocycles. The van der Waals surface area contributed by atoms with Crippen LogP contribution >= 0.6 is 0 Å². The van der Waals surface area contributed by atoms with Gasteiger partial charge in [0.2, 0.25) is 0 Å². The third kappa shape index (κ3) is 2.38. The minimum atomic E-state index is 0.935. The monoisotopic (exact) mass is 192 g/mol. The van der Waals surface area contributed by atoms with Crippen LogP contribution in [0.5, 0.6) is 0 Å². The summed E-state index contributed by atoms with van der Waals surface area (Å²) in [5.74, 6) is 0.935. The van der Waals surface area contributed by atoms with Gasteiger partial charge < -0.3 is 9.88 Å². The average Bonchev–Trinajstić information content (AvgIpc) is 2.79. The molecule has 1 aromatic rings. The molecule has 0 spiro atoms. The smallest absolute Gasteiger partial charge is 0.0248 e. The molecule has 2 nitrogen and oxygen atoms in total. The number of hydrogen-bond donors (Lipinski definition) is 1. The van der Waals surface area contributed by atoms with Gasteiger partial charge in [0.25, 0.3) is 0 Å². The SMILES string of the molecule is CNCc1ccn(CC2CCCC2)c1. The lowest BCUT2D eigenvalue weighted by atomic mass is 10.1. The molecular weight excluding hydrogens is 172 g/mol. The van der Waals surface area contributed by atoms with E-state index in [-0.39, 0.29) is 0 Å². The zero-order valence-corrected chi connectivity index (χ0v) is 9.00. The van der Waals surface area contributed by atoms with Crippen molar-refractivity contribution in [3.05, 3.63) is 24.0 Å². The standard InChI is InChI=1S/C12H20N2/c1-13-8-12-6-7-14(10-12)9-11-4-2-3-5-11/h6-7,10-11,13H,2-5,8-9H2,1H3. The fraction of sp³-hybridized carbons (Fsp3) is 0.667. The second-order valence-electron chi connectivity index (χ2n) is 4.40. The lowest BCUT2D eigenvalue weighted by molar-refractivity contribution is 0.458. The van der Waals surface area contributed by atoms with Gasteiger partial charge in [-0.2, -0.15) is 0 Å². The second kappa shape index (κ2) is 4.65. The highest BCUT2D eigenvalue weighted by molar-refractivity contribution is 5.09. The maximum atomic E-state index is 3.18. The van der Waals surface area contributed by atoms with E-state index >= 15 is 0 Å². The zero-order chi connectivity index (χ0) is 9.80. The van der Waals surface area contributed by atoms with E-state index < -0.39 is 0 Å². The van der Waals surface area contributed by atoms with E-state index in [9.17, 15) is 0 Å². The summed E-state index contributed by atoms with van der Waals surface area (Å²) in [6.07, 6.45) is 10.2. The van der Waals surface area contributed by atoms with Gasteiger partial charge in [-0.3, -0.25) is 0 Å². The van der Waals surface area contributed by atoms with E-state index in [4.69, 9.17) is 0 Å². The third-order valence-corrected chi connectivity index (χ3v) is 3.14. The van der Waals surface area contributed by atoms with Crippen LogP contribution in [0.2, 0.25) is 0 Å². The number of rotatable bonds is 4. The molecule has 1 fully saturated rings. The van der Waals surface area contributed by atoms with E-state index in [1.54, 1.807) is 0 Å². The van der Waals surface area contributed by atoms with Crippen LogP contribution in [0.4, 0.5) is 0 Å². The van der Waals surface area contributed by atoms with Gasteiger partial charge in [-0.25, -0.2) is 0 Å². The van der Waals surface area contributed by atoms with Crippen molar-refractivity contribution in [2.75, 3.05) is 7.05 Å². The number of aromatic nitrogens is 1. The Kier molecular flexibility index (Phi) is 3.25. The highest BCUT2D eigenvalue weighted by Crippen LogP contribution is 2.26. The van der Waals surface area contributed by atoms with Crippen molar-refractivity contribution >= 4 is 0 Å². The van der Waals surface area contributed by atoms with E-state index in [1.165, 1.54) is 37.8 Å². The topological polar surface area (TPSA) is 17.0 Å². The van der Waals surface area contributed by atoms with E-state index in [0.29, 0.717) is 0 Å². The first-order valence-electron chi connectivity index (χ1n) is 5.68. The predicted molar refractivity (Wildman–Crippen MR) is 59.2 cm³/mol. The molecule has 0 aromatic carbocycles. The van der Waals surface area contributed by atoms with Crippen LogP contribution in [0.15, 0.2) is 18.5 Å². The maximum Gasteiger partial charge on any atom is 0.0248 e. The second-order valence-corrected chi connectivity index (χ2v) is 4.40. The van der Waals surface area contributed by atoms with Gasteiger partial charge in [-0.1, -0.05) is 12.8 Å². The van der Waals surface area contributed by atoms with Crippen molar-refractivity contribution in [1.82, 2.24) is 9.88 Å². The summed E-state index contributed by atoms with van der Waals surface area (Å²) in [7, 11) is 1.99. The molecule has 0 atom stereocenters. The summed E-state index contributed by atoms with van der Waals surface area (Å²) in [5.41, 5.74) is 1.39. The number of nitrogens with one attached hydrogen (secondary N) is 1. The van der Waals surface area contributed by atoms with Crippen LogP contribution in [-0.2, 0) is 13.1 Å². The van der Waals surface area contributed by atoms with Gasteiger partial charge in [0.15, 0.2) is 0 Å². The van der Waals surface area contributed by atoms with Crippen molar-refractivity contribution < 1.29 is 0 Å². The molecule has 0 aliphatic heterocycles. The summed E-state index contributed by atoms with van der Waals surface area (Å²) in [6, 6.07) is 2.21. The van der Waals surface area contributed by atoms with Crippen LogP contribution in [0.25, 0.3) is 0 Å². The minimum absolute atomic E-state index is 0.935. The molecule has 1 aromatic heterocycles. The Morgan fingerprint density at radius 2 is 2.21 bits per heavy atom. The van der Waals surface area contributed by atoms with Crippen LogP contribution in [0.3, 0.4) is 0 Å². The van der Waals surface area contributed by atoms with Crippen LogP contribution in [-0.4, -0.2) is 11.6 Å². The van der Waals surface area contributed by atoms with Gasteiger partial charge in [-0.05, 0) is 37.4 Å². The summed E-state index contributed by atoms with van der Waals surface area (Å²) in [5, 5.41) is 3.18. The Hall–Kier alpha value is -0.760. The number of hydrogen-bond acceptors (Lipinski definition) is 1. The highest BCUT2D eigenvalue weighted by Gasteiger charge is 2.14. The van der Waals surface area contributed by atoms with Gasteiger partial charge >= 0.3 is 0 Å². The summed E-state index contributed by atoms with van der Waals surface area (Å²) in [4.78, 5) is 0. The lowest BCUT2D eigenvalue weighted by Gasteiger charge is -2.09. The van der Waals surface area contributed by atoms with Gasteiger partial charge in [0.05, 0.1) is 0 Å². The zero-order valence-electron chi connectivity index (χ0n) is 9.00. The van der Waals surface area contributed by atoms with E-state index in [0.717, 1.165) is 12.5 Å². The largest absolute Gasteiger partial charge is 0.354 e. The molecule has 2 rings (SSSR count). The molecule has 1 saturated carbocycles. The number of nitrogens with zero attached hydrogens (tertiary/aromatic N) is 1. The van der Waals surface area contributed by atoms with E-state index in [2.05, 4.69) is 28.3 Å². The van der Waals surface area contributed by atoms with Crippen molar-refractivity contribution in [3.8, 4) is 0 Å². The Labute approximate surface area is 86.3 Å². The molecule has 0 saturated heterocycles. The molecule has 0 amide bonds. The molecule has 78 valence electrons. The first-order chi connectivity index (χ1) is 6.88. The quantitative estimate of drug-likeness (QED) is 0.775. The molecule has 1 aliphatic rings. The lowest BCUT2D eigenvalue weighted by Crippen LogP contribution is -2.06. The third-order valence-electron chi connectivity index (χ3n) is 3.14. The Balaban J connectivity index is 1.88. The van der Waals surface area contributed by atoms with Crippen molar-refractivity contribution in [2.45, 2.75) is 38.8 Å². The Bertz CT molecular complexity index is 272. The molecule has 1 N–H and O–H groups in total. The molecule has 2 heteroatoms. The Morgan fingerprint density at radius 3 is 2.93 bits per heavy atom. The fourth-order valence-electron chi connectivity index (χ4n) is 2.40. The first kappa shape index (κ1) is 9.78. The summed E-state index contributed by atoms with van der Waals surface area (Å²) < 4.78 is 2.35. The van der Waals surface area contributed by atoms with Crippen LogP contribution in [0, 0.1) is 5.92 Å². The first-order valence-corrected chi connectivity index (χ1v) is 5.68. The molecule has 1 heterocycles. The van der Waals surface area contributed by atoms with Gasteiger partial charge in [-0.15, -0.1) is 0 Å². The highest BCUT2D eigenvalue weighted by atomic mass is 14.9. The Morgan fingerprint density at radius 1 is 1.43 bits per heavy atom. The average molecular weight is 192 g/mol. The normalized spacial score (nSPS) is 17.8. The van der Waals surface area contributed by atoms with Crippen molar-refractivity contribution in [1.29, 1.82) is 0 Å². The molecule has 0 bridgehead atoms. The molecule has 14 heavy (non-hydrogen) atoms. The summed E-state index contributed by atoms with van der Waals surface area (Å²) in [6.45, 7) is 2.21. The van der Waals surface area contributed by atoms with Gasteiger partial charge in [0, 0.05) is 25.5 Å².